The highest BCUT2D eigenvalue weighted by Gasteiger charge is 2.44. The molecule has 1 saturated carbocycles. The largest absolute Gasteiger partial charge is 0.283 e. The molecule has 3 aromatic rings. The monoisotopic (exact) mass is 470 g/mol. The molecule has 0 N–H and O–H groups in total. The normalized spacial score (nSPS) is 19.9. The Morgan fingerprint density at radius 3 is 2.53 bits per heavy atom. The summed E-state index contributed by atoms with van der Waals surface area (Å²) in [4.78, 5) is 19.7. The van der Waals surface area contributed by atoms with Gasteiger partial charge in [-0.2, -0.15) is 0 Å². The van der Waals surface area contributed by atoms with E-state index >= 15 is 0 Å². The van der Waals surface area contributed by atoms with Crippen molar-refractivity contribution in [2.24, 2.45) is 5.92 Å². The predicted molar refractivity (Wildman–Crippen MR) is 143 cm³/mol. The van der Waals surface area contributed by atoms with E-state index < -0.39 is 0 Å². The van der Waals surface area contributed by atoms with E-state index in [1.54, 1.807) is 11.8 Å². The van der Waals surface area contributed by atoms with Crippen LogP contribution in [0.1, 0.15) is 62.6 Å². The fourth-order valence-corrected chi connectivity index (χ4v) is 6.76. The molecule has 0 amide bonds. The van der Waals surface area contributed by atoms with Gasteiger partial charge in [0.2, 0.25) is 0 Å². The van der Waals surface area contributed by atoms with Gasteiger partial charge in [-0.25, -0.2) is 4.98 Å². The van der Waals surface area contributed by atoms with Crippen LogP contribution in [0.15, 0.2) is 76.7 Å². The zero-order chi connectivity index (χ0) is 23.7. The first-order valence-electron chi connectivity index (χ1n) is 12.5. The van der Waals surface area contributed by atoms with Gasteiger partial charge in [-0.05, 0) is 43.2 Å². The van der Waals surface area contributed by atoms with E-state index in [9.17, 15) is 4.79 Å². The van der Waals surface area contributed by atoms with Crippen LogP contribution >= 0.6 is 11.8 Å². The number of nitrogens with zero attached hydrogens (tertiary/aromatic N) is 2. The van der Waals surface area contributed by atoms with E-state index in [1.807, 2.05) is 29.7 Å². The molecule has 2 aliphatic rings. The van der Waals surface area contributed by atoms with E-state index in [1.165, 1.54) is 37.7 Å². The molecule has 34 heavy (non-hydrogen) atoms. The number of thioether (sulfide) groups is 1. The van der Waals surface area contributed by atoms with Gasteiger partial charge in [0, 0.05) is 16.7 Å². The predicted octanol–water partition coefficient (Wildman–Crippen LogP) is 7.02. The van der Waals surface area contributed by atoms with Crippen molar-refractivity contribution in [3.8, 4) is 11.3 Å². The number of fused-ring (bicyclic) bond motifs is 3. The number of rotatable bonds is 6. The van der Waals surface area contributed by atoms with E-state index in [-0.39, 0.29) is 11.0 Å². The third kappa shape index (κ3) is 4.29. The van der Waals surface area contributed by atoms with Gasteiger partial charge in [0.25, 0.3) is 5.56 Å². The Balaban J connectivity index is 1.73. The molecule has 0 unspecified atom stereocenters. The maximum absolute atomic E-state index is 14.4. The fourth-order valence-electron chi connectivity index (χ4n) is 5.93. The summed E-state index contributed by atoms with van der Waals surface area (Å²) in [6.07, 6.45) is 7.14. The molecule has 0 aliphatic heterocycles. The van der Waals surface area contributed by atoms with Crippen LogP contribution in [0.2, 0.25) is 0 Å². The lowest BCUT2D eigenvalue weighted by Crippen LogP contribution is -2.45. The molecule has 2 aromatic carbocycles. The van der Waals surface area contributed by atoms with Crippen molar-refractivity contribution in [2.75, 3.05) is 5.75 Å². The van der Waals surface area contributed by atoms with Gasteiger partial charge in [0.05, 0.1) is 17.8 Å². The van der Waals surface area contributed by atoms with Crippen molar-refractivity contribution in [1.82, 2.24) is 9.55 Å². The third-order valence-corrected chi connectivity index (χ3v) is 8.88. The zero-order valence-electron chi connectivity index (χ0n) is 20.3. The lowest BCUT2D eigenvalue weighted by Gasteiger charge is -2.44. The van der Waals surface area contributed by atoms with Crippen LogP contribution in [0.25, 0.3) is 11.3 Å². The number of benzene rings is 2. The van der Waals surface area contributed by atoms with Crippen LogP contribution in [-0.4, -0.2) is 15.3 Å². The van der Waals surface area contributed by atoms with Crippen LogP contribution < -0.4 is 5.56 Å². The molecule has 1 fully saturated rings. The van der Waals surface area contributed by atoms with Crippen LogP contribution in [0, 0.1) is 5.92 Å². The average molecular weight is 471 g/mol. The second-order valence-electron chi connectivity index (χ2n) is 10.3. The summed E-state index contributed by atoms with van der Waals surface area (Å²) in [5.41, 5.74) is 6.46. The number of hydrogen-bond acceptors (Lipinski definition) is 3. The Kier molecular flexibility index (Phi) is 6.52. The van der Waals surface area contributed by atoms with Crippen LogP contribution in [0.3, 0.4) is 0 Å². The van der Waals surface area contributed by atoms with Crippen molar-refractivity contribution in [3.63, 3.8) is 0 Å². The highest BCUT2D eigenvalue weighted by molar-refractivity contribution is 7.99. The molecule has 1 heterocycles. The lowest BCUT2D eigenvalue weighted by atomic mass is 9.60. The second kappa shape index (κ2) is 9.58. The van der Waals surface area contributed by atoms with Crippen molar-refractivity contribution >= 4 is 11.8 Å². The molecule has 4 heteroatoms. The van der Waals surface area contributed by atoms with Gasteiger partial charge in [-0.3, -0.25) is 9.36 Å². The molecule has 0 radical (unpaired) electrons. The Bertz CT molecular complexity index is 1260. The minimum absolute atomic E-state index is 0.139. The standard InChI is InChI=1S/C30H34N2OS/c1-21(2)20-34-29-31-27-25-17-11-10-14-23(25)18-30(3,24-15-8-5-9-16-24)26(27)28(33)32(29)19-22-12-6-4-7-13-22/h4,6-7,10-14,17,24H,1,5,8-9,15-16,18-20H2,2-3H3/t30-/m1/s1. The van der Waals surface area contributed by atoms with Crippen molar-refractivity contribution in [1.29, 1.82) is 0 Å². The van der Waals surface area contributed by atoms with Gasteiger partial charge in [-0.1, -0.05) is 105 Å². The molecule has 0 saturated heterocycles. The van der Waals surface area contributed by atoms with Gasteiger partial charge in [0.15, 0.2) is 5.16 Å². The van der Waals surface area contributed by atoms with Crippen molar-refractivity contribution in [3.05, 3.63) is 93.8 Å². The molecule has 176 valence electrons. The Labute approximate surface area is 207 Å². The average Bonchev–Trinajstić information content (AvgIpc) is 2.85. The summed E-state index contributed by atoms with van der Waals surface area (Å²) in [5.74, 6) is 1.27. The van der Waals surface area contributed by atoms with E-state index in [0.29, 0.717) is 12.5 Å². The summed E-state index contributed by atoms with van der Waals surface area (Å²) in [5, 5.41) is 0.790. The van der Waals surface area contributed by atoms with E-state index in [4.69, 9.17) is 4.98 Å². The van der Waals surface area contributed by atoms with Gasteiger partial charge < -0.3 is 0 Å². The lowest BCUT2D eigenvalue weighted by molar-refractivity contribution is 0.212. The fraction of sp³-hybridized carbons (Fsp3) is 0.400. The smallest absolute Gasteiger partial charge is 0.258 e. The summed E-state index contributed by atoms with van der Waals surface area (Å²) < 4.78 is 1.93. The van der Waals surface area contributed by atoms with E-state index in [2.05, 4.69) is 49.9 Å². The first-order valence-corrected chi connectivity index (χ1v) is 13.5. The Morgan fingerprint density at radius 2 is 1.79 bits per heavy atom. The highest BCUT2D eigenvalue weighted by atomic mass is 32.2. The molecule has 3 nitrogen and oxygen atoms in total. The maximum Gasteiger partial charge on any atom is 0.258 e. The molecule has 0 bridgehead atoms. The minimum Gasteiger partial charge on any atom is -0.283 e. The van der Waals surface area contributed by atoms with Crippen LogP contribution in [-0.2, 0) is 18.4 Å². The highest BCUT2D eigenvalue weighted by Crippen LogP contribution is 2.49. The quantitative estimate of drug-likeness (QED) is 0.221. The first kappa shape index (κ1) is 23.2. The Morgan fingerprint density at radius 1 is 1.09 bits per heavy atom. The molecular weight excluding hydrogens is 436 g/mol. The Hall–Kier alpha value is -2.59. The topological polar surface area (TPSA) is 34.9 Å². The third-order valence-electron chi connectivity index (χ3n) is 7.67. The van der Waals surface area contributed by atoms with Gasteiger partial charge in [-0.15, -0.1) is 0 Å². The molecule has 5 rings (SSSR count). The van der Waals surface area contributed by atoms with Crippen LogP contribution in [0.4, 0.5) is 0 Å². The minimum atomic E-state index is -0.190. The summed E-state index contributed by atoms with van der Waals surface area (Å²) >= 11 is 1.62. The summed E-state index contributed by atoms with van der Waals surface area (Å²) in [7, 11) is 0. The molecule has 1 atom stereocenters. The van der Waals surface area contributed by atoms with Crippen molar-refractivity contribution in [2.45, 2.75) is 69.5 Å². The molecule has 0 spiro atoms. The number of aromatic nitrogens is 2. The van der Waals surface area contributed by atoms with Gasteiger partial charge >= 0.3 is 0 Å². The summed E-state index contributed by atoms with van der Waals surface area (Å²) in [6, 6.07) is 18.9. The van der Waals surface area contributed by atoms with Crippen molar-refractivity contribution < 1.29 is 0 Å². The molecule has 1 aromatic heterocycles. The number of hydrogen-bond donors (Lipinski definition) is 0. The van der Waals surface area contributed by atoms with Gasteiger partial charge in [0.1, 0.15) is 0 Å². The van der Waals surface area contributed by atoms with E-state index in [0.717, 1.165) is 45.3 Å². The van der Waals surface area contributed by atoms with Crippen LogP contribution in [0.5, 0.6) is 0 Å². The molecule has 2 aliphatic carbocycles. The second-order valence-corrected chi connectivity index (χ2v) is 11.3. The molecular formula is C30H34N2OS. The zero-order valence-corrected chi connectivity index (χ0v) is 21.2. The summed E-state index contributed by atoms with van der Waals surface area (Å²) in [6.45, 7) is 8.99. The SMILES string of the molecule is C=C(C)CSc1nc2c(c(=O)n1Cc1ccccc1)[C@@](C)(C1CCCCC1)Cc1ccccc1-2. The first-order chi connectivity index (χ1) is 16.5. The maximum atomic E-state index is 14.4.